The van der Waals surface area contributed by atoms with E-state index in [4.69, 9.17) is 16.3 Å². The topological polar surface area (TPSA) is 38.3 Å². The van der Waals surface area contributed by atoms with Crippen molar-refractivity contribution in [1.82, 2.24) is 0 Å². The van der Waals surface area contributed by atoms with Gasteiger partial charge in [-0.05, 0) is 25.0 Å². The molecule has 3 nitrogen and oxygen atoms in total. The number of nitrogens with one attached hydrogen (secondary N) is 1. The molecule has 1 fully saturated rings. The summed E-state index contributed by atoms with van der Waals surface area (Å²) in [6, 6.07) is 7.54. The second kappa shape index (κ2) is 4.96. The number of para-hydroxylation sites is 1. The smallest absolute Gasteiger partial charge is 0.313 e. The molecule has 1 saturated carbocycles. The van der Waals surface area contributed by atoms with E-state index < -0.39 is 0 Å². The van der Waals surface area contributed by atoms with Gasteiger partial charge in [0.2, 0.25) is 0 Å². The number of hydrogen-bond donors (Lipinski definition) is 1. The van der Waals surface area contributed by atoms with E-state index in [0.717, 1.165) is 24.9 Å². The predicted molar refractivity (Wildman–Crippen MR) is 68.2 cm³/mol. The van der Waals surface area contributed by atoms with Gasteiger partial charge < -0.3 is 10.1 Å². The normalized spacial score (nSPS) is 17.1. The maximum Gasteiger partial charge on any atom is 0.313 e. The third-order valence-electron chi connectivity index (χ3n) is 3.42. The molecule has 4 heteroatoms. The van der Waals surface area contributed by atoms with Crippen molar-refractivity contribution in [2.45, 2.75) is 19.3 Å². The molecule has 1 N–H and O–H groups in total. The molecule has 0 aliphatic heterocycles. The van der Waals surface area contributed by atoms with Crippen molar-refractivity contribution in [1.29, 1.82) is 0 Å². The van der Waals surface area contributed by atoms with Gasteiger partial charge in [-0.1, -0.05) is 30.2 Å². The standard InChI is InChI=1S/C13H16ClNO2/c1-17-12(16)13(7-4-8-13)9-15-11-6-3-2-5-10(11)14/h2-3,5-6,15H,4,7-9H2,1H3. The van der Waals surface area contributed by atoms with E-state index in [1.165, 1.54) is 7.11 Å². The first kappa shape index (κ1) is 12.2. The Morgan fingerprint density at radius 1 is 1.47 bits per heavy atom. The number of rotatable bonds is 4. The van der Waals surface area contributed by atoms with Gasteiger partial charge in [-0.15, -0.1) is 0 Å². The van der Waals surface area contributed by atoms with Gasteiger partial charge >= 0.3 is 5.97 Å². The maximum atomic E-state index is 11.7. The molecule has 1 aliphatic rings. The zero-order chi connectivity index (χ0) is 12.3. The fourth-order valence-electron chi connectivity index (χ4n) is 2.14. The Balaban J connectivity index is 2.02. The van der Waals surface area contributed by atoms with Crippen LogP contribution in [-0.4, -0.2) is 19.6 Å². The van der Waals surface area contributed by atoms with Crippen LogP contribution in [0.15, 0.2) is 24.3 Å². The van der Waals surface area contributed by atoms with Gasteiger partial charge in [-0.2, -0.15) is 0 Å². The van der Waals surface area contributed by atoms with Crippen LogP contribution >= 0.6 is 11.6 Å². The van der Waals surface area contributed by atoms with E-state index in [0.29, 0.717) is 11.6 Å². The van der Waals surface area contributed by atoms with Crippen LogP contribution in [0, 0.1) is 5.41 Å². The quantitative estimate of drug-likeness (QED) is 0.838. The van der Waals surface area contributed by atoms with Crippen molar-refractivity contribution >= 4 is 23.3 Å². The van der Waals surface area contributed by atoms with Gasteiger partial charge in [0.25, 0.3) is 0 Å². The lowest BCUT2D eigenvalue weighted by Crippen LogP contribution is -2.44. The molecule has 0 unspecified atom stereocenters. The highest BCUT2D eigenvalue weighted by Crippen LogP contribution is 2.42. The lowest BCUT2D eigenvalue weighted by molar-refractivity contribution is -0.157. The van der Waals surface area contributed by atoms with E-state index in [9.17, 15) is 4.79 Å². The number of methoxy groups -OCH3 is 1. The maximum absolute atomic E-state index is 11.7. The molecule has 2 rings (SSSR count). The molecule has 0 bridgehead atoms. The zero-order valence-corrected chi connectivity index (χ0v) is 10.6. The summed E-state index contributed by atoms with van der Waals surface area (Å²) in [5.41, 5.74) is 0.512. The van der Waals surface area contributed by atoms with Crippen LogP contribution in [0.1, 0.15) is 19.3 Å². The van der Waals surface area contributed by atoms with Crippen molar-refractivity contribution in [3.63, 3.8) is 0 Å². The van der Waals surface area contributed by atoms with Gasteiger partial charge in [0, 0.05) is 6.54 Å². The molecule has 1 aliphatic carbocycles. The molecule has 1 aromatic rings. The molecule has 0 radical (unpaired) electrons. The van der Waals surface area contributed by atoms with Crippen molar-refractivity contribution in [2.75, 3.05) is 19.0 Å². The van der Waals surface area contributed by atoms with Gasteiger partial charge in [-0.3, -0.25) is 4.79 Å². The highest BCUT2D eigenvalue weighted by atomic mass is 35.5. The lowest BCUT2D eigenvalue weighted by atomic mass is 9.68. The Morgan fingerprint density at radius 3 is 2.71 bits per heavy atom. The Bertz CT molecular complexity index is 416. The summed E-state index contributed by atoms with van der Waals surface area (Å²) in [5, 5.41) is 3.91. The van der Waals surface area contributed by atoms with E-state index >= 15 is 0 Å². The summed E-state index contributed by atoms with van der Waals surface area (Å²) >= 11 is 6.05. The summed E-state index contributed by atoms with van der Waals surface area (Å²) in [6.07, 6.45) is 2.85. The van der Waals surface area contributed by atoms with Crippen LogP contribution < -0.4 is 5.32 Å². The van der Waals surface area contributed by atoms with Gasteiger partial charge in [0.1, 0.15) is 0 Å². The monoisotopic (exact) mass is 253 g/mol. The third-order valence-corrected chi connectivity index (χ3v) is 3.75. The van der Waals surface area contributed by atoms with E-state index in [2.05, 4.69) is 5.32 Å². The largest absolute Gasteiger partial charge is 0.469 e. The Labute approximate surface area is 106 Å². The molecule has 0 heterocycles. The molecule has 0 amide bonds. The molecule has 17 heavy (non-hydrogen) atoms. The van der Waals surface area contributed by atoms with Crippen molar-refractivity contribution in [2.24, 2.45) is 5.41 Å². The van der Waals surface area contributed by atoms with E-state index in [-0.39, 0.29) is 11.4 Å². The number of halogens is 1. The average molecular weight is 254 g/mol. The second-order valence-electron chi connectivity index (χ2n) is 4.46. The molecule has 92 valence electrons. The average Bonchev–Trinajstić information content (AvgIpc) is 2.29. The first-order chi connectivity index (χ1) is 8.18. The SMILES string of the molecule is COC(=O)C1(CNc2ccccc2Cl)CCC1. The lowest BCUT2D eigenvalue weighted by Gasteiger charge is -2.39. The third kappa shape index (κ3) is 2.39. The molecule has 0 atom stereocenters. The predicted octanol–water partition coefficient (Wildman–Crippen LogP) is 3.10. The van der Waals surface area contributed by atoms with Crippen LogP contribution in [0.3, 0.4) is 0 Å². The summed E-state index contributed by atoms with van der Waals surface area (Å²) in [6.45, 7) is 0.587. The molecule has 0 spiro atoms. The first-order valence-corrected chi connectivity index (χ1v) is 6.13. The van der Waals surface area contributed by atoms with Gasteiger partial charge in [-0.25, -0.2) is 0 Å². The molecular weight excluding hydrogens is 238 g/mol. The Kier molecular flexibility index (Phi) is 3.57. The molecule has 0 saturated heterocycles. The summed E-state index contributed by atoms with van der Waals surface area (Å²) in [4.78, 5) is 11.7. The van der Waals surface area contributed by atoms with Crippen molar-refractivity contribution in [3.05, 3.63) is 29.3 Å². The van der Waals surface area contributed by atoms with Crippen LogP contribution in [0.4, 0.5) is 5.69 Å². The number of carbonyl (C=O) groups excluding carboxylic acids is 1. The van der Waals surface area contributed by atoms with Crippen LogP contribution in [0.5, 0.6) is 0 Å². The van der Waals surface area contributed by atoms with Gasteiger partial charge in [0.15, 0.2) is 0 Å². The summed E-state index contributed by atoms with van der Waals surface area (Å²) in [5.74, 6) is -0.122. The summed E-state index contributed by atoms with van der Waals surface area (Å²) in [7, 11) is 1.44. The van der Waals surface area contributed by atoms with Crippen molar-refractivity contribution < 1.29 is 9.53 Å². The van der Waals surface area contributed by atoms with Crippen molar-refractivity contribution in [3.8, 4) is 0 Å². The number of carbonyl (C=O) groups is 1. The number of ether oxygens (including phenoxy) is 1. The first-order valence-electron chi connectivity index (χ1n) is 5.75. The fraction of sp³-hybridized carbons (Fsp3) is 0.462. The number of esters is 1. The number of anilines is 1. The zero-order valence-electron chi connectivity index (χ0n) is 9.83. The highest BCUT2D eigenvalue weighted by Gasteiger charge is 2.45. The number of hydrogen-bond acceptors (Lipinski definition) is 3. The number of benzene rings is 1. The van der Waals surface area contributed by atoms with Crippen LogP contribution in [0.25, 0.3) is 0 Å². The van der Waals surface area contributed by atoms with E-state index in [1.54, 1.807) is 0 Å². The fourth-order valence-corrected chi connectivity index (χ4v) is 2.34. The molecule has 0 aromatic heterocycles. The minimum absolute atomic E-state index is 0.122. The molecule has 1 aromatic carbocycles. The van der Waals surface area contributed by atoms with E-state index in [1.807, 2.05) is 24.3 Å². The van der Waals surface area contributed by atoms with Crippen LogP contribution in [0.2, 0.25) is 5.02 Å². The minimum atomic E-state index is -0.353. The highest BCUT2D eigenvalue weighted by molar-refractivity contribution is 6.33. The van der Waals surface area contributed by atoms with Crippen LogP contribution in [-0.2, 0) is 9.53 Å². The second-order valence-corrected chi connectivity index (χ2v) is 4.87. The Hall–Kier alpha value is -1.22. The minimum Gasteiger partial charge on any atom is -0.469 e. The summed E-state index contributed by atoms with van der Waals surface area (Å²) < 4.78 is 4.86. The van der Waals surface area contributed by atoms with Gasteiger partial charge in [0.05, 0.1) is 23.2 Å². The Morgan fingerprint density at radius 2 is 2.18 bits per heavy atom. The molecular formula is C13H16ClNO2.